The van der Waals surface area contributed by atoms with Crippen LogP contribution in [0.25, 0.3) is 0 Å². The Morgan fingerprint density at radius 3 is 2.70 bits per heavy atom. The molecule has 1 aliphatic rings. The number of amides is 2. The summed E-state index contributed by atoms with van der Waals surface area (Å²) in [5.41, 5.74) is 5.87. The van der Waals surface area contributed by atoms with E-state index >= 15 is 0 Å². The maximum Gasteiger partial charge on any atom is 0.312 e. The van der Waals surface area contributed by atoms with Gasteiger partial charge in [0.1, 0.15) is 0 Å². The Morgan fingerprint density at radius 2 is 2.10 bits per heavy atom. The van der Waals surface area contributed by atoms with Crippen LogP contribution < -0.4 is 11.1 Å². The van der Waals surface area contributed by atoms with Gasteiger partial charge in [0.2, 0.25) is 0 Å². The number of benzene rings is 1. The molecular formula is C14H20ClN3O2. The van der Waals surface area contributed by atoms with Gasteiger partial charge in [0, 0.05) is 36.3 Å². The molecule has 1 saturated heterocycles. The number of nitrogens with two attached hydrogens (primary N) is 1. The summed E-state index contributed by atoms with van der Waals surface area (Å²) in [5.74, 6) is 0. The number of nitrogens with zero attached hydrogens (tertiary/aromatic N) is 1. The summed E-state index contributed by atoms with van der Waals surface area (Å²) in [4.78, 5) is 13.0. The number of hydrogen-bond donors (Lipinski definition) is 3. The highest BCUT2D eigenvalue weighted by Gasteiger charge is 2.22. The third-order valence-corrected chi connectivity index (χ3v) is 3.97. The Labute approximate surface area is 123 Å². The van der Waals surface area contributed by atoms with Crippen molar-refractivity contribution in [3.63, 3.8) is 0 Å². The van der Waals surface area contributed by atoms with E-state index in [2.05, 4.69) is 10.2 Å². The zero-order chi connectivity index (χ0) is 14.5. The fraction of sp³-hybridized carbons (Fsp3) is 0.500. The first-order valence-electron chi connectivity index (χ1n) is 6.77. The van der Waals surface area contributed by atoms with Crippen molar-refractivity contribution in [1.82, 2.24) is 10.2 Å². The molecule has 6 heteroatoms. The molecule has 4 N–H and O–H groups in total. The van der Waals surface area contributed by atoms with Crippen LogP contribution in [0.5, 0.6) is 0 Å². The first-order chi connectivity index (χ1) is 9.56. The standard InChI is InChI=1S/C14H20ClN3O2/c15-12-4-2-1-3-11(12)13(19)9-18-7-5-10(6-8-18)17-14(16)20/h1-4,10,13,19H,5-9H2,(H3,16,17,20). The van der Waals surface area contributed by atoms with E-state index in [9.17, 15) is 9.90 Å². The number of likely N-dealkylation sites (tertiary alicyclic amines) is 1. The van der Waals surface area contributed by atoms with Crippen molar-refractivity contribution in [2.45, 2.75) is 25.0 Å². The Kier molecular flexibility index (Phi) is 5.23. The van der Waals surface area contributed by atoms with Crippen molar-refractivity contribution in [1.29, 1.82) is 0 Å². The quantitative estimate of drug-likeness (QED) is 0.788. The molecule has 2 amide bonds. The van der Waals surface area contributed by atoms with Crippen molar-refractivity contribution < 1.29 is 9.90 Å². The average molecular weight is 298 g/mol. The molecule has 0 radical (unpaired) electrons. The van der Waals surface area contributed by atoms with Crippen molar-refractivity contribution >= 4 is 17.6 Å². The number of hydrogen-bond acceptors (Lipinski definition) is 3. The van der Waals surface area contributed by atoms with Crippen LogP contribution in [0.4, 0.5) is 4.79 Å². The van der Waals surface area contributed by atoms with E-state index < -0.39 is 12.1 Å². The van der Waals surface area contributed by atoms with Crippen molar-refractivity contribution in [3.8, 4) is 0 Å². The number of rotatable bonds is 4. The third kappa shape index (κ3) is 4.10. The number of halogens is 1. The zero-order valence-electron chi connectivity index (χ0n) is 11.3. The Morgan fingerprint density at radius 1 is 1.45 bits per heavy atom. The van der Waals surface area contributed by atoms with Gasteiger partial charge in [-0.1, -0.05) is 29.8 Å². The SMILES string of the molecule is NC(=O)NC1CCN(CC(O)c2ccccc2Cl)CC1. The van der Waals surface area contributed by atoms with Crippen LogP contribution >= 0.6 is 11.6 Å². The maximum atomic E-state index is 10.8. The smallest absolute Gasteiger partial charge is 0.312 e. The van der Waals surface area contributed by atoms with E-state index in [1.807, 2.05) is 18.2 Å². The maximum absolute atomic E-state index is 10.8. The lowest BCUT2D eigenvalue weighted by Gasteiger charge is -2.33. The van der Waals surface area contributed by atoms with Crippen LogP contribution in [0.15, 0.2) is 24.3 Å². The van der Waals surface area contributed by atoms with Crippen LogP contribution in [0.1, 0.15) is 24.5 Å². The molecule has 1 aromatic rings. The minimum absolute atomic E-state index is 0.140. The Bertz CT molecular complexity index is 461. The number of primary amides is 1. The molecule has 0 aliphatic carbocycles. The lowest BCUT2D eigenvalue weighted by molar-refractivity contribution is 0.0951. The zero-order valence-corrected chi connectivity index (χ0v) is 12.0. The molecule has 1 aliphatic heterocycles. The summed E-state index contributed by atoms with van der Waals surface area (Å²) >= 11 is 6.08. The molecule has 1 fully saturated rings. The molecule has 0 saturated carbocycles. The highest BCUT2D eigenvalue weighted by atomic mass is 35.5. The first-order valence-corrected chi connectivity index (χ1v) is 7.15. The highest BCUT2D eigenvalue weighted by molar-refractivity contribution is 6.31. The summed E-state index contributed by atoms with van der Waals surface area (Å²) in [5, 5.41) is 13.6. The molecule has 110 valence electrons. The van der Waals surface area contributed by atoms with Gasteiger partial charge in [0.05, 0.1) is 6.10 Å². The predicted octanol–water partition coefficient (Wildman–Crippen LogP) is 1.51. The van der Waals surface area contributed by atoms with Gasteiger partial charge in [0.15, 0.2) is 0 Å². The predicted molar refractivity (Wildman–Crippen MR) is 78.6 cm³/mol. The van der Waals surface area contributed by atoms with Crippen LogP contribution in [0.2, 0.25) is 5.02 Å². The Hall–Kier alpha value is -1.30. The summed E-state index contributed by atoms with van der Waals surface area (Å²) in [6.45, 7) is 2.20. The fourth-order valence-electron chi connectivity index (χ4n) is 2.55. The minimum Gasteiger partial charge on any atom is -0.387 e. The van der Waals surface area contributed by atoms with E-state index in [1.54, 1.807) is 6.07 Å². The largest absolute Gasteiger partial charge is 0.387 e. The van der Waals surface area contributed by atoms with Gasteiger partial charge in [-0.3, -0.25) is 0 Å². The summed E-state index contributed by atoms with van der Waals surface area (Å²) < 4.78 is 0. The van der Waals surface area contributed by atoms with Gasteiger partial charge in [-0.05, 0) is 18.9 Å². The van der Waals surface area contributed by atoms with Crippen LogP contribution in [-0.4, -0.2) is 41.7 Å². The normalized spacial score (nSPS) is 18.7. The van der Waals surface area contributed by atoms with Crippen LogP contribution in [-0.2, 0) is 0 Å². The second-order valence-electron chi connectivity index (χ2n) is 5.12. The number of nitrogens with one attached hydrogen (secondary N) is 1. The number of β-amino-alcohol motifs (C(OH)–C–C–N with tert-alkyl or cyclic N) is 1. The number of carbonyl (C=O) groups is 1. The molecule has 5 nitrogen and oxygen atoms in total. The molecule has 1 aromatic carbocycles. The van der Waals surface area contributed by atoms with E-state index in [0.29, 0.717) is 11.6 Å². The first kappa shape index (κ1) is 15.1. The highest BCUT2D eigenvalue weighted by Crippen LogP contribution is 2.24. The number of aliphatic hydroxyl groups is 1. The topological polar surface area (TPSA) is 78.6 Å². The number of urea groups is 1. The van der Waals surface area contributed by atoms with E-state index in [1.165, 1.54) is 0 Å². The second-order valence-corrected chi connectivity index (χ2v) is 5.53. The van der Waals surface area contributed by atoms with Gasteiger partial charge in [-0.25, -0.2) is 4.79 Å². The lowest BCUT2D eigenvalue weighted by Crippen LogP contribution is -2.47. The number of carbonyl (C=O) groups excluding carboxylic acids is 1. The minimum atomic E-state index is -0.593. The molecule has 20 heavy (non-hydrogen) atoms. The molecule has 1 heterocycles. The monoisotopic (exact) mass is 297 g/mol. The van der Waals surface area contributed by atoms with Gasteiger partial charge < -0.3 is 21.1 Å². The van der Waals surface area contributed by atoms with Gasteiger partial charge in [-0.2, -0.15) is 0 Å². The average Bonchev–Trinajstić information content (AvgIpc) is 2.41. The summed E-state index contributed by atoms with van der Waals surface area (Å²) in [6, 6.07) is 7.01. The van der Waals surface area contributed by atoms with E-state index in [4.69, 9.17) is 17.3 Å². The molecule has 0 aromatic heterocycles. The van der Waals surface area contributed by atoms with Crippen LogP contribution in [0.3, 0.4) is 0 Å². The van der Waals surface area contributed by atoms with Crippen molar-refractivity contribution in [2.75, 3.05) is 19.6 Å². The second kappa shape index (κ2) is 6.92. The Balaban J connectivity index is 1.83. The molecule has 1 atom stereocenters. The van der Waals surface area contributed by atoms with Gasteiger partial charge in [0.25, 0.3) is 0 Å². The van der Waals surface area contributed by atoms with Crippen LogP contribution in [0, 0.1) is 0 Å². The van der Waals surface area contributed by atoms with Gasteiger partial charge >= 0.3 is 6.03 Å². The van der Waals surface area contributed by atoms with Gasteiger partial charge in [-0.15, -0.1) is 0 Å². The molecular weight excluding hydrogens is 278 g/mol. The molecule has 2 rings (SSSR count). The lowest BCUT2D eigenvalue weighted by atomic mass is 10.0. The number of aliphatic hydroxyl groups excluding tert-OH is 1. The molecule has 0 bridgehead atoms. The summed E-state index contributed by atoms with van der Waals surface area (Å²) in [7, 11) is 0. The van der Waals surface area contributed by atoms with E-state index in [0.717, 1.165) is 31.5 Å². The number of piperidine rings is 1. The fourth-order valence-corrected chi connectivity index (χ4v) is 2.81. The van der Waals surface area contributed by atoms with E-state index in [-0.39, 0.29) is 6.04 Å². The molecule has 0 spiro atoms. The third-order valence-electron chi connectivity index (χ3n) is 3.63. The molecule has 1 unspecified atom stereocenters. The van der Waals surface area contributed by atoms with Crippen molar-refractivity contribution in [3.05, 3.63) is 34.9 Å². The summed E-state index contributed by atoms with van der Waals surface area (Å²) in [6.07, 6.45) is 1.10. The van der Waals surface area contributed by atoms with Crippen molar-refractivity contribution in [2.24, 2.45) is 5.73 Å².